The maximum atomic E-state index is 13.3. The predicted octanol–water partition coefficient (Wildman–Crippen LogP) is 4.03. The number of amides is 1. The number of fused-ring (bicyclic) bond motifs is 2. The van der Waals surface area contributed by atoms with Gasteiger partial charge >= 0.3 is 5.97 Å². The summed E-state index contributed by atoms with van der Waals surface area (Å²) in [6.45, 7) is 2.30. The van der Waals surface area contributed by atoms with E-state index in [1.165, 1.54) is 5.56 Å². The van der Waals surface area contributed by atoms with Crippen molar-refractivity contribution >= 4 is 28.6 Å². The van der Waals surface area contributed by atoms with Crippen molar-refractivity contribution < 1.29 is 14.7 Å². The molecule has 1 amide bonds. The number of anilines is 1. The van der Waals surface area contributed by atoms with Crippen LogP contribution in [0.1, 0.15) is 48.4 Å². The summed E-state index contributed by atoms with van der Waals surface area (Å²) in [5.41, 5.74) is 4.01. The second-order valence-corrected chi connectivity index (χ2v) is 9.33. The Morgan fingerprint density at radius 2 is 2.12 bits per heavy atom. The fourth-order valence-electron chi connectivity index (χ4n) is 5.29. The Morgan fingerprint density at radius 3 is 3.00 bits per heavy atom. The minimum atomic E-state index is -0.892. The van der Waals surface area contributed by atoms with Crippen molar-refractivity contribution in [3.63, 3.8) is 0 Å². The highest BCUT2D eigenvalue weighted by Gasteiger charge is 2.38. The molecular formula is C27H30N4O3. The molecule has 4 heterocycles. The van der Waals surface area contributed by atoms with Gasteiger partial charge in [0.05, 0.1) is 11.9 Å². The average Bonchev–Trinajstić information content (AvgIpc) is 3.22. The molecule has 5 rings (SSSR count). The van der Waals surface area contributed by atoms with Crippen LogP contribution in [0.5, 0.6) is 0 Å². The molecule has 0 bridgehead atoms. The summed E-state index contributed by atoms with van der Waals surface area (Å²) in [7, 11) is 0. The maximum Gasteiger partial charge on any atom is 0.303 e. The number of carbonyl (C=O) groups excluding carboxylic acids is 1. The first-order chi connectivity index (χ1) is 16.6. The lowest BCUT2D eigenvalue weighted by atomic mass is 9.83. The smallest absolute Gasteiger partial charge is 0.303 e. The number of rotatable bonds is 8. The first kappa shape index (κ1) is 22.3. The number of pyridine rings is 2. The van der Waals surface area contributed by atoms with Gasteiger partial charge in [-0.2, -0.15) is 0 Å². The third-order valence-corrected chi connectivity index (χ3v) is 7.07. The van der Waals surface area contributed by atoms with E-state index in [2.05, 4.69) is 22.4 Å². The van der Waals surface area contributed by atoms with Crippen LogP contribution >= 0.6 is 0 Å². The van der Waals surface area contributed by atoms with Crippen molar-refractivity contribution in [3.05, 3.63) is 65.5 Å². The molecule has 0 spiro atoms. The Balaban J connectivity index is 1.24. The van der Waals surface area contributed by atoms with E-state index in [1.54, 1.807) is 6.20 Å². The molecule has 1 fully saturated rings. The highest BCUT2D eigenvalue weighted by molar-refractivity contribution is 5.84. The molecule has 2 N–H and O–H groups in total. The van der Waals surface area contributed by atoms with Gasteiger partial charge in [0, 0.05) is 48.7 Å². The van der Waals surface area contributed by atoms with Crippen LogP contribution in [-0.2, 0) is 22.4 Å². The number of carbonyl (C=O) groups is 2. The number of likely N-dealkylation sites (tertiary alicyclic amines) is 1. The molecule has 1 saturated heterocycles. The molecule has 0 aliphatic carbocycles. The van der Waals surface area contributed by atoms with E-state index in [-0.39, 0.29) is 24.2 Å². The predicted molar refractivity (Wildman–Crippen MR) is 131 cm³/mol. The number of aromatic nitrogens is 2. The Kier molecular flexibility index (Phi) is 6.43. The van der Waals surface area contributed by atoms with E-state index >= 15 is 0 Å². The van der Waals surface area contributed by atoms with Gasteiger partial charge < -0.3 is 15.3 Å². The number of carboxylic acid groups (broad SMARTS) is 1. The summed E-state index contributed by atoms with van der Waals surface area (Å²) >= 11 is 0. The van der Waals surface area contributed by atoms with E-state index < -0.39 is 5.97 Å². The average molecular weight is 459 g/mol. The van der Waals surface area contributed by atoms with Crippen LogP contribution in [0.2, 0.25) is 0 Å². The van der Waals surface area contributed by atoms with Gasteiger partial charge in [0.15, 0.2) is 0 Å². The van der Waals surface area contributed by atoms with Crippen LogP contribution in [0.4, 0.5) is 5.82 Å². The summed E-state index contributed by atoms with van der Waals surface area (Å²) in [5.74, 6) is -0.539. The van der Waals surface area contributed by atoms with E-state index in [0.717, 1.165) is 60.2 Å². The summed E-state index contributed by atoms with van der Waals surface area (Å²) in [6, 6.07) is 14.0. The molecule has 1 aromatic carbocycles. The lowest BCUT2D eigenvalue weighted by Crippen LogP contribution is -2.31. The van der Waals surface area contributed by atoms with Gasteiger partial charge in [0.2, 0.25) is 5.91 Å². The number of benzene rings is 1. The zero-order chi connectivity index (χ0) is 23.5. The standard InChI is InChI=1S/C27H30N4O3/c32-25(33)16-23(20-15-19-5-1-2-8-24(19)29-17-20)22-11-14-31(27(22)34)13-4-7-21-10-9-18-6-3-12-28-26(18)30-21/h1-2,5,8-10,15,17,22-23H,3-4,6-7,11-14,16H2,(H,28,30)(H,32,33)/t22-,23-/m1/s1. The number of para-hydroxylation sites is 1. The molecule has 0 unspecified atom stereocenters. The minimum Gasteiger partial charge on any atom is -0.481 e. The Bertz CT molecular complexity index is 1210. The van der Waals surface area contributed by atoms with Crippen molar-refractivity contribution in [2.75, 3.05) is 25.0 Å². The van der Waals surface area contributed by atoms with E-state index in [9.17, 15) is 14.7 Å². The molecule has 176 valence electrons. The summed E-state index contributed by atoms with van der Waals surface area (Å²) in [5, 5.41) is 13.9. The maximum absolute atomic E-state index is 13.3. The van der Waals surface area contributed by atoms with Gasteiger partial charge in [0.25, 0.3) is 0 Å². The zero-order valence-electron chi connectivity index (χ0n) is 19.2. The first-order valence-corrected chi connectivity index (χ1v) is 12.2. The molecule has 2 aliphatic heterocycles. The summed E-state index contributed by atoms with van der Waals surface area (Å²) < 4.78 is 0. The number of aryl methyl sites for hydroxylation is 2. The van der Waals surface area contributed by atoms with Gasteiger partial charge in [-0.3, -0.25) is 14.6 Å². The number of carboxylic acids is 1. The Morgan fingerprint density at radius 1 is 1.24 bits per heavy atom. The third-order valence-electron chi connectivity index (χ3n) is 7.07. The Hall–Kier alpha value is -3.48. The second kappa shape index (κ2) is 9.79. The normalized spacial score (nSPS) is 18.5. The van der Waals surface area contributed by atoms with Crippen molar-refractivity contribution in [2.45, 2.75) is 44.4 Å². The topological polar surface area (TPSA) is 95.4 Å². The lowest BCUT2D eigenvalue weighted by molar-refractivity contribution is -0.138. The lowest BCUT2D eigenvalue weighted by Gasteiger charge is -2.23. The quantitative estimate of drug-likeness (QED) is 0.529. The van der Waals surface area contributed by atoms with Crippen LogP contribution in [-0.4, -0.2) is 51.5 Å². The van der Waals surface area contributed by atoms with Crippen molar-refractivity contribution in [2.24, 2.45) is 5.92 Å². The number of hydrogen-bond donors (Lipinski definition) is 2. The molecule has 2 atom stereocenters. The fourth-order valence-corrected chi connectivity index (χ4v) is 5.29. The third kappa shape index (κ3) is 4.74. The summed E-state index contributed by atoms with van der Waals surface area (Å²) in [6.07, 6.45) is 6.21. The molecule has 34 heavy (non-hydrogen) atoms. The van der Waals surface area contributed by atoms with Crippen LogP contribution in [0.15, 0.2) is 48.7 Å². The molecule has 2 aromatic heterocycles. The molecule has 2 aliphatic rings. The van der Waals surface area contributed by atoms with Gasteiger partial charge in [0.1, 0.15) is 5.82 Å². The number of nitrogens with one attached hydrogen (secondary N) is 1. The van der Waals surface area contributed by atoms with Crippen LogP contribution in [0.25, 0.3) is 10.9 Å². The number of nitrogens with zero attached hydrogens (tertiary/aromatic N) is 3. The second-order valence-electron chi connectivity index (χ2n) is 9.33. The van der Waals surface area contributed by atoms with Crippen molar-refractivity contribution in [1.82, 2.24) is 14.9 Å². The number of aliphatic carboxylic acids is 1. The van der Waals surface area contributed by atoms with Crippen LogP contribution in [0.3, 0.4) is 0 Å². The number of hydrogen-bond acceptors (Lipinski definition) is 5. The van der Waals surface area contributed by atoms with E-state index in [4.69, 9.17) is 4.98 Å². The molecule has 0 radical (unpaired) electrons. The van der Waals surface area contributed by atoms with E-state index in [0.29, 0.717) is 19.5 Å². The van der Waals surface area contributed by atoms with Gasteiger partial charge in [-0.15, -0.1) is 0 Å². The monoisotopic (exact) mass is 458 g/mol. The molecular weight excluding hydrogens is 428 g/mol. The highest BCUT2D eigenvalue weighted by atomic mass is 16.4. The fraction of sp³-hybridized carbons (Fsp3) is 0.407. The first-order valence-electron chi connectivity index (χ1n) is 12.2. The molecule has 7 heteroatoms. The Labute approximate surface area is 199 Å². The van der Waals surface area contributed by atoms with Crippen LogP contribution < -0.4 is 5.32 Å². The summed E-state index contributed by atoms with van der Waals surface area (Å²) in [4.78, 5) is 36.1. The highest BCUT2D eigenvalue weighted by Crippen LogP contribution is 2.36. The largest absolute Gasteiger partial charge is 0.481 e. The van der Waals surface area contributed by atoms with Gasteiger partial charge in [-0.1, -0.05) is 24.3 Å². The SMILES string of the molecule is O=C(O)C[C@H](c1cnc2ccccc2c1)[C@H]1CCN(CCCc2ccc3c(n2)NCCC3)C1=O. The van der Waals surface area contributed by atoms with Crippen molar-refractivity contribution in [1.29, 1.82) is 0 Å². The van der Waals surface area contributed by atoms with Gasteiger partial charge in [-0.05, 0) is 61.4 Å². The van der Waals surface area contributed by atoms with Gasteiger partial charge in [-0.25, -0.2) is 4.98 Å². The molecule has 0 saturated carbocycles. The van der Waals surface area contributed by atoms with E-state index in [1.807, 2.05) is 35.2 Å². The molecule has 3 aromatic rings. The zero-order valence-corrected chi connectivity index (χ0v) is 19.2. The van der Waals surface area contributed by atoms with Crippen molar-refractivity contribution in [3.8, 4) is 0 Å². The molecule has 7 nitrogen and oxygen atoms in total. The van der Waals surface area contributed by atoms with Crippen LogP contribution in [0, 0.1) is 5.92 Å². The minimum absolute atomic E-state index is 0.0551.